The molecule has 1 aromatic rings. The van der Waals surface area contributed by atoms with Gasteiger partial charge in [0.25, 0.3) is 10.0 Å². The van der Waals surface area contributed by atoms with Gasteiger partial charge in [-0.1, -0.05) is 11.0 Å². The Bertz CT molecular complexity index is 321. The highest BCUT2D eigenvalue weighted by molar-refractivity contribution is 7.89. The average Bonchev–Trinajstić information content (AvgIpc) is 2.06. The summed E-state index contributed by atoms with van der Waals surface area (Å²) >= 11 is 0. The topological polar surface area (TPSA) is 79.3 Å². The molecule has 1 aromatic heterocycles. The van der Waals surface area contributed by atoms with Crippen LogP contribution in [0.3, 0.4) is 0 Å². The minimum absolute atomic E-state index is 0.206. The van der Waals surface area contributed by atoms with Crippen LogP contribution in [-0.4, -0.2) is 18.6 Å². The highest BCUT2D eigenvalue weighted by atomic mass is 32.2. The highest BCUT2D eigenvalue weighted by Crippen LogP contribution is 2.00. The van der Waals surface area contributed by atoms with Gasteiger partial charge >= 0.3 is 0 Å². The lowest BCUT2D eigenvalue weighted by atomic mass is 10.5. The Morgan fingerprint density at radius 1 is 1.45 bits per heavy atom. The molecule has 2 N–H and O–H groups in total. The first-order valence-electron chi connectivity index (χ1n) is 2.74. The molecule has 0 aliphatic rings. The molecule has 60 valence electrons. The molecule has 0 saturated carbocycles. The van der Waals surface area contributed by atoms with Crippen molar-refractivity contribution in [2.24, 2.45) is 0 Å². The van der Waals surface area contributed by atoms with Crippen molar-refractivity contribution in [1.82, 2.24) is 9.87 Å². The van der Waals surface area contributed by atoms with Crippen LogP contribution in [0.4, 0.5) is 0 Å². The summed E-state index contributed by atoms with van der Waals surface area (Å²) < 4.78 is 21.6. The van der Waals surface area contributed by atoms with Crippen LogP contribution in [0.2, 0.25) is 0 Å². The summed E-state index contributed by atoms with van der Waals surface area (Å²) in [7, 11) is -3.80. The van der Waals surface area contributed by atoms with Crippen LogP contribution in [0.1, 0.15) is 0 Å². The molecule has 0 unspecified atom stereocenters. The zero-order valence-corrected chi connectivity index (χ0v) is 6.25. The zero-order valence-electron chi connectivity index (χ0n) is 5.43. The molecule has 0 aliphatic heterocycles. The van der Waals surface area contributed by atoms with Gasteiger partial charge in [0, 0.05) is 6.20 Å². The predicted octanol–water partition coefficient (Wildman–Crippen LogP) is -0.251. The van der Waals surface area contributed by atoms with Crippen LogP contribution in [-0.2, 0) is 10.0 Å². The van der Waals surface area contributed by atoms with E-state index in [0.29, 0.717) is 0 Å². The largest absolute Gasteiger partial charge is 0.302 e. The van der Waals surface area contributed by atoms with Gasteiger partial charge in [-0.2, -0.15) is 0 Å². The first-order valence-corrected chi connectivity index (χ1v) is 4.22. The van der Waals surface area contributed by atoms with E-state index in [0.717, 1.165) is 0 Å². The normalized spacial score (nSPS) is 11.4. The van der Waals surface area contributed by atoms with Crippen molar-refractivity contribution in [2.75, 3.05) is 0 Å². The first kappa shape index (κ1) is 8.12. The minimum Gasteiger partial charge on any atom is -0.302 e. The molecule has 1 rings (SSSR count). The Labute approximate surface area is 63.7 Å². The van der Waals surface area contributed by atoms with Gasteiger partial charge < -0.3 is 5.21 Å². The number of nitrogens with one attached hydrogen (secondary N) is 1. The van der Waals surface area contributed by atoms with E-state index in [-0.39, 0.29) is 5.03 Å². The number of nitrogens with zero attached hydrogens (tertiary/aromatic N) is 1. The Balaban J connectivity index is 3.14. The number of pyridine rings is 1. The van der Waals surface area contributed by atoms with E-state index in [1.807, 2.05) is 0 Å². The summed E-state index contributed by atoms with van der Waals surface area (Å²) in [5.41, 5.74) is 0. The fourth-order valence-corrected chi connectivity index (χ4v) is 1.10. The average molecular weight is 174 g/mol. The van der Waals surface area contributed by atoms with Crippen molar-refractivity contribution in [3.63, 3.8) is 0 Å². The SMILES string of the molecule is O=S(=O)(NO)c1ccccn1. The van der Waals surface area contributed by atoms with Crippen LogP contribution in [0.5, 0.6) is 0 Å². The minimum atomic E-state index is -3.80. The monoisotopic (exact) mass is 174 g/mol. The van der Waals surface area contributed by atoms with E-state index in [4.69, 9.17) is 5.21 Å². The number of hydrogen-bond acceptors (Lipinski definition) is 4. The Morgan fingerprint density at radius 3 is 2.64 bits per heavy atom. The van der Waals surface area contributed by atoms with Gasteiger partial charge in [0.15, 0.2) is 5.03 Å². The van der Waals surface area contributed by atoms with Gasteiger partial charge in [0.1, 0.15) is 0 Å². The third-order valence-electron chi connectivity index (χ3n) is 1.03. The molecule has 0 amide bonds. The number of aromatic nitrogens is 1. The number of hydrogen-bond donors (Lipinski definition) is 2. The van der Waals surface area contributed by atoms with Crippen LogP contribution in [0.15, 0.2) is 29.4 Å². The van der Waals surface area contributed by atoms with E-state index < -0.39 is 10.0 Å². The summed E-state index contributed by atoms with van der Waals surface area (Å²) in [6, 6.07) is 4.37. The van der Waals surface area contributed by atoms with Crippen molar-refractivity contribution >= 4 is 10.0 Å². The van der Waals surface area contributed by atoms with Gasteiger partial charge in [-0.3, -0.25) is 0 Å². The lowest BCUT2D eigenvalue weighted by Crippen LogP contribution is -2.20. The Kier molecular flexibility index (Phi) is 2.18. The van der Waals surface area contributed by atoms with E-state index >= 15 is 0 Å². The second-order valence-corrected chi connectivity index (χ2v) is 3.37. The first-order chi connectivity index (χ1) is 5.17. The maximum absolute atomic E-state index is 10.8. The molecule has 0 radical (unpaired) electrons. The van der Waals surface area contributed by atoms with E-state index in [9.17, 15) is 8.42 Å². The summed E-state index contributed by atoms with van der Waals surface area (Å²) in [6.07, 6.45) is 1.32. The van der Waals surface area contributed by atoms with Crippen molar-refractivity contribution in [3.8, 4) is 0 Å². The molecule has 0 saturated heterocycles. The lowest BCUT2D eigenvalue weighted by molar-refractivity contribution is 0.242. The van der Waals surface area contributed by atoms with Gasteiger partial charge in [-0.15, -0.1) is 0 Å². The zero-order chi connectivity index (χ0) is 8.32. The molecule has 0 bridgehead atoms. The van der Waals surface area contributed by atoms with Gasteiger partial charge in [0.05, 0.1) is 0 Å². The van der Waals surface area contributed by atoms with Gasteiger partial charge in [-0.25, -0.2) is 13.4 Å². The summed E-state index contributed by atoms with van der Waals surface area (Å²) in [5, 5.41) is 7.96. The van der Waals surface area contributed by atoms with Crippen LogP contribution < -0.4 is 4.89 Å². The summed E-state index contributed by atoms with van der Waals surface area (Å²) in [5.74, 6) is 0. The fourth-order valence-electron chi connectivity index (χ4n) is 0.553. The van der Waals surface area contributed by atoms with Crippen molar-refractivity contribution in [2.45, 2.75) is 5.03 Å². The standard InChI is InChI=1S/C5H6N2O3S/c8-7-11(9,10)5-3-1-2-4-6-5/h1-4,7-8H. The van der Waals surface area contributed by atoms with Crippen molar-refractivity contribution in [1.29, 1.82) is 0 Å². The summed E-state index contributed by atoms with van der Waals surface area (Å²) in [4.78, 5) is 4.68. The van der Waals surface area contributed by atoms with Gasteiger partial charge in [-0.05, 0) is 12.1 Å². The van der Waals surface area contributed by atoms with E-state index in [1.165, 1.54) is 23.2 Å². The Hall–Kier alpha value is -0.980. The molecule has 1 heterocycles. The fraction of sp³-hybridized carbons (Fsp3) is 0. The third-order valence-corrected chi connectivity index (χ3v) is 2.07. The van der Waals surface area contributed by atoms with Crippen LogP contribution in [0.25, 0.3) is 0 Å². The number of sulfonamides is 1. The molecule has 11 heavy (non-hydrogen) atoms. The molecule has 0 aromatic carbocycles. The van der Waals surface area contributed by atoms with Crippen LogP contribution in [0, 0.1) is 0 Å². The lowest BCUT2D eigenvalue weighted by Gasteiger charge is -1.97. The summed E-state index contributed by atoms with van der Waals surface area (Å²) in [6.45, 7) is 0. The van der Waals surface area contributed by atoms with Crippen molar-refractivity contribution in [3.05, 3.63) is 24.4 Å². The maximum atomic E-state index is 10.8. The highest BCUT2D eigenvalue weighted by Gasteiger charge is 2.11. The molecular weight excluding hydrogens is 168 g/mol. The second-order valence-electron chi connectivity index (χ2n) is 1.76. The molecule has 5 nitrogen and oxygen atoms in total. The maximum Gasteiger partial charge on any atom is 0.279 e. The quantitative estimate of drug-likeness (QED) is 0.606. The second kappa shape index (κ2) is 2.95. The molecule has 6 heteroatoms. The van der Waals surface area contributed by atoms with Crippen LogP contribution >= 0.6 is 0 Å². The van der Waals surface area contributed by atoms with E-state index in [1.54, 1.807) is 6.07 Å². The molecule has 0 fully saturated rings. The third kappa shape index (κ3) is 1.73. The molecule has 0 atom stereocenters. The Morgan fingerprint density at radius 2 is 2.18 bits per heavy atom. The predicted molar refractivity (Wildman–Crippen MR) is 36.3 cm³/mol. The van der Waals surface area contributed by atoms with E-state index in [2.05, 4.69) is 4.98 Å². The van der Waals surface area contributed by atoms with Gasteiger partial charge in [0.2, 0.25) is 0 Å². The number of rotatable bonds is 2. The molecule has 0 aliphatic carbocycles. The molecule has 0 spiro atoms. The smallest absolute Gasteiger partial charge is 0.279 e. The van der Waals surface area contributed by atoms with Crippen molar-refractivity contribution < 1.29 is 13.6 Å². The molecular formula is C5H6N2O3S.